The zero-order chi connectivity index (χ0) is 18.6. The molecule has 1 aromatic carbocycles. The first kappa shape index (κ1) is 19.3. The molecule has 1 aromatic rings. The number of carbonyl (C=O) groups is 2. The lowest BCUT2D eigenvalue weighted by Crippen LogP contribution is -2.51. The van der Waals surface area contributed by atoms with Crippen molar-refractivity contribution in [1.29, 1.82) is 0 Å². The van der Waals surface area contributed by atoms with Gasteiger partial charge in [0.1, 0.15) is 11.6 Å². The number of aliphatic hydroxyl groups excluding tert-OH is 1. The average molecular weight is 356 g/mol. The van der Waals surface area contributed by atoms with Crippen LogP contribution in [-0.4, -0.2) is 46.8 Å². The highest BCUT2D eigenvalue weighted by atomic mass is 19.1. The standard InChI is InChI=1S/C17H22F2N2O4/c1-9(22)21-15(4-10-2-12(18)7-13(19)3-10)17(25)14-5-11(8-20-14)6-16(23)24/h2-3,7,11,14-15,17,20,25H,4-6,8H2,1H3,(H,21,22)(H,23,24)/t11?,14-,15+,17-/m1/s1. The predicted octanol–water partition coefficient (Wildman–Crippen LogP) is 0.826. The van der Waals surface area contributed by atoms with E-state index in [1.807, 2.05) is 0 Å². The minimum Gasteiger partial charge on any atom is -0.481 e. The molecular weight excluding hydrogens is 334 g/mol. The van der Waals surface area contributed by atoms with Crippen LogP contribution < -0.4 is 10.6 Å². The highest BCUT2D eigenvalue weighted by Crippen LogP contribution is 2.22. The van der Waals surface area contributed by atoms with Gasteiger partial charge in [0.05, 0.1) is 12.1 Å². The molecule has 0 spiro atoms. The van der Waals surface area contributed by atoms with Gasteiger partial charge in [0.15, 0.2) is 0 Å². The van der Waals surface area contributed by atoms with Crippen molar-refractivity contribution in [1.82, 2.24) is 10.6 Å². The second-order valence-corrected chi connectivity index (χ2v) is 6.49. The molecule has 0 radical (unpaired) electrons. The predicted molar refractivity (Wildman–Crippen MR) is 85.8 cm³/mol. The Balaban J connectivity index is 2.08. The van der Waals surface area contributed by atoms with Gasteiger partial charge in [-0.3, -0.25) is 9.59 Å². The summed E-state index contributed by atoms with van der Waals surface area (Å²) in [5.74, 6) is -2.85. The molecular formula is C17H22F2N2O4. The number of hydrogen-bond donors (Lipinski definition) is 4. The summed E-state index contributed by atoms with van der Waals surface area (Å²) in [6, 6.07) is 1.90. The Morgan fingerprint density at radius 3 is 2.52 bits per heavy atom. The van der Waals surface area contributed by atoms with E-state index in [2.05, 4.69) is 10.6 Å². The van der Waals surface area contributed by atoms with Crippen LogP contribution in [0.1, 0.15) is 25.3 Å². The molecule has 1 unspecified atom stereocenters. The van der Waals surface area contributed by atoms with E-state index >= 15 is 0 Å². The van der Waals surface area contributed by atoms with Crippen LogP contribution in [0.15, 0.2) is 18.2 Å². The van der Waals surface area contributed by atoms with E-state index in [4.69, 9.17) is 5.11 Å². The zero-order valence-electron chi connectivity index (χ0n) is 13.8. The van der Waals surface area contributed by atoms with Crippen LogP contribution in [0.25, 0.3) is 0 Å². The number of benzene rings is 1. The molecule has 4 N–H and O–H groups in total. The van der Waals surface area contributed by atoms with Crippen molar-refractivity contribution in [2.75, 3.05) is 6.54 Å². The molecule has 0 bridgehead atoms. The number of nitrogens with one attached hydrogen (secondary N) is 2. The first-order chi connectivity index (χ1) is 11.7. The zero-order valence-corrected chi connectivity index (χ0v) is 13.8. The Morgan fingerprint density at radius 1 is 1.32 bits per heavy atom. The molecule has 0 aromatic heterocycles. The van der Waals surface area contributed by atoms with Crippen LogP contribution >= 0.6 is 0 Å². The van der Waals surface area contributed by atoms with Crippen molar-refractivity contribution in [2.24, 2.45) is 5.92 Å². The third kappa shape index (κ3) is 5.75. The van der Waals surface area contributed by atoms with Gasteiger partial charge in [0, 0.05) is 25.5 Å². The Kier molecular flexibility index (Phi) is 6.44. The van der Waals surface area contributed by atoms with Gasteiger partial charge in [-0.05, 0) is 43.0 Å². The molecule has 0 saturated carbocycles. The Hall–Kier alpha value is -2.06. The Bertz CT molecular complexity index is 621. The molecule has 8 heteroatoms. The van der Waals surface area contributed by atoms with Crippen LogP contribution in [0.3, 0.4) is 0 Å². The first-order valence-corrected chi connectivity index (χ1v) is 8.10. The van der Waals surface area contributed by atoms with E-state index in [0.717, 1.165) is 18.2 Å². The number of carboxylic acids is 1. The number of carboxylic acid groups (broad SMARTS) is 1. The summed E-state index contributed by atoms with van der Waals surface area (Å²) in [7, 11) is 0. The highest BCUT2D eigenvalue weighted by Gasteiger charge is 2.35. The van der Waals surface area contributed by atoms with E-state index in [9.17, 15) is 23.5 Å². The molecule has 4 atom stereocenters. The van der Waals surface area contributed by atoms with Crippen molar-refractivity contribution in [2.45, 2.75) is 44.4 Å². The largest absolute Gasteiger partial charge is 0.481 e. The fraction of sp³-hybridized carbons (Fsp3) is 0.529. The van der Waals surface area contributed by atoms with Gasteiger partial charge < -0.3 is 20.8 Å². The molecule has 2 rings (SSSR count). The van der Waals surface area contributed by atoms with Crippen LogP contribution in [0.4, 0.5) is 8.78 Å². The summed E-state index contributed by atoms with van der Waals surface area (Å²) in [5, 5.41) is 25.1. The van der Waals surface area contributed by atoms with Crippen LogP contribution in [-0.2, 0) is 16.0 Å². The number of halogens is 2. The van der Waals surface area contributed by atoms with Gasteiger partial charge in [0.25, 0.3) is 0 Å². The smallest absolute Gasteiger partial charge is 0.303 e. The monoisotopic (exact) mass is 356 g/mol. The van der Waals surface area contributed by atoms with E-state index in [1.54, 1.807) is 0 Å². The van der Waals surface area contributed by atoms with E-state index in [0.29, 0.717) is 18.5 Å². The molecule has 1 heterocycles. The molecule has 0 aliphatic carbocycles. The quantitative estimate of drug-likeness (QED) is 0.580. The van der Waals surface area contributed by atoms with Gasteiger partial charge in [-0.1, -0.05) is 0 Å². The molecule has 25 heavy (non-hydrogen) atoms. The summed E-state index contributed by atoms with van der Waals surface area (Å²) in [4.78, 5) is 22.2. The molecule has 138 valence electrons. The van der Waals surface area contributed by atoms with E-state index in [-0.39, 0.29) is 24.7 Å². The summed E-state index contributed by atoms with van der Waals surface area (Å²) in [5.41, 5.74) is 0.315. The maximum Gasteiger partial charge on any atom is 0.303 e. The van der Waals surface area contributed by atoms with E-state index in [1.165, 1.54) is 6.92 Å². The number of amides is 1. The van der Waals surface area contributed by atoms with Gasteiger partial charge in [0.2, 0.25) is 5.91 Å². The average Bonchev–Trinajstić information content (AvgIpc) is 2.91. The third-order valence-electron chi connectivity index (χ3n) is 4.31. The minimum atomic E-state index is -1.02. The lowest BCUT2D eigenvalue weighted by molar-refractivity contribution is -0.138. The molecule has 1 fully saturated rings. The maximum absolute atomic E-state index is 13.4. The SMILES string of the molecule is CC(=O)N[C@@H](Cc1cc(F)cc(F)c1)[C@H](O)[C@H]1CC(CC(=O)O)CN1. The maximum atomic E-state index is 13.4. The molecule has 1 saturated heterocycles. The lowest BCUT2D eigenvalue weighted by Gasteiger charge is -2.28. The molecule has 1 aliphatic rings. The van der Waals surface area contributed by atoms with E-state index < -0.39 is 35.8 Å². The van der Waals surface area contributed by atoms with Crippen molar-refractivity contribution in [3.63, 3.8) is 0 Å². The number of aliphatic hydroxyl groups is 1. The summed E-state index contributed by atoms with van der Waals surface area (Å²) >= 11 is 0. The van der Waals surface area contributed by atoms with Crippen LogP contribution in [0.2, 0.25) is 0 Å². The third-order valence-corrected chi connectivity index (χ3v) is 4.31. The summed E-state index contributed by atoms with van der Waals surface area (Å²) in [6.07, 6.45) is -0.525. The number of rotatable bonds is 7. The fourth-order valence-corrected chi connectivity index (χ4v) is 3.29. The minimum absolute atomic E-state index is 0.00384. The number of aliphatic carboxylic acids is 1. The topological polar surface area (TPSA) is 98.7 Å². The second kappa shape index (κ2) is 8.35. The van der Waals surface area contributed by atoms with Gasteiger partial charge in [-0.25, -0.2) is 8.78 Å². The van der Waals surface area contributed by atoms with Gasteiger partial charge >= 0.3 is 5.97 Å². The number of hydrogen-bond acceptors (Lipinski definition) is 4. The normalized spacial score (nSPS) is 22.4. The van der Waals surface area contributed by atoms with Crippen molar-refractivity contribution in [3.8, 4) is 0 Å². The van der Waals surface area contributed by atoms with Gasteiger partial charge in [-0.2, -0.15) is 0 Å². The Labute approximate surface area is 144 Å². The lowest BCUT2D eigenvalue weighted by atomic mass is 9.92. The molecule has 6 nitrogen and oxygen atoms in total. The Morgan fingerprint density at radius 2 is 1.96 bits per heavy atom. The molecule has 1 aliphatic heterocycles. The summed E-state index contributed by atoms with van der Waals surface area (Å²) in [6.45, 7) is 1.75. The van der Waals surface area contributed by atoms with Crippen LogP contribution in [0.5, 0.6) is 0 Å². The first-order valence-electron chi connectivity index (χ1n) is 8.10. The van der Waals surface area contributed by atoms with Crippen molar-refractivity contribution in [3.05, 3.63) is 35.4 Å². The highest BCUT2D eigenvalue weighted by molar-refractivity contribution is 5.73. The second-order valence-electron chi connectivity index (χ2n) is 6.49. The van der Waals surface area contributed by atoms with Crippen LogP contribution in [0, 0.1) is 17.6 Å². The van der Waals surface area contributed by atoms with Crippen molar-refractivity contribution >= 4 is 11.9 Å². The summed E-state index contributed by atoms with van der Waals surface area (Å²) < 4.78 is 26.7. The van der Waals surface area contributed by atoms with Gasteiger partial charge in [-0.15, -0.1) is 0 Å². The van der Waals surface area contributed by atoms with Crippen molar-refractivity contribution < 1.29 is 28.6 Å². The molecule has 1 amide bonds. The fourth-order valence-electron chi connectivity index (χ4n) is 3.29. The number of carbonyl (C=O) groups excluding carboxylic acids is 1.